The van der Waals surface area contributed by atoms with E-state index in [9.17, 15) is 0 Å². The van der Waals surface area contributed by atoms with E-state index in [-0.39, 0.29) is 10.9 Å². The number of benzene rings is 2. The first kappa shape index (κ1) is 13.7. The Balaban J connectivity index is 2.12. The standard InChI is InChI=1S/C16H8Cl2N2O/c17-13-5-6-14(12-4-2-1-3-11(12)13)21-16-15(18)10(9-19)7-8-20-16/h1-8H. The van der Waals surface area contributed by atoms with Crippen molar-refractivity contribution in [2.24, 2.45) is 0 Å². The summed E-state index contributed by atoms with van der Waals surface area (Å²) in [5, 5.41) is 11.5. The maximum atomic E-state index is 8.98. The van der Waals surface area contributed by atoms with Crippen molar-refractivity contribution >= 4 is 34.0 Å². The molecule has 0 unspecified atom stereocenters. The lowest BCUT2D eigenvalue weighted by Crippen LogP contribution is -1.92. The highest BCUT2D eigenvalue weighted by Crippen LogP contribution is 2.36. The smallest absolute Gasteiger partial charge is 0.239 e. The molecule has 3 rings (SSSR count). The molecule has 0 radical (unpaired) electrons. The van der Waals surface area contributed by atoms with Crippen molar-refractivity contribution in [3.8, 4) is 17.7 Å². The predicted octanol–water partition coefficient (Wildman–Crippen LogP) is 5.21. The van der Waals surface area contributed by atoms with Crippen LogP contribution < -0.4 is 4.74 Å². The van der Waals surface area contributed by atoms with Crippen molar-refractivity contribution < 1.29 is 4.74 Å². The van der Waals surface area contributed by atoms with Crippen molar-refractivity contribution in [3.63, 3.8) is 0 Å². The van der Waals surface area contributed by atoms with Crippen LogP contribution in [0.5, 0.6) is 11.6 Å². The van der Waals surface area contributed by atoms with Gasteiger partial charge in [0.05, 0.1) is 5.56 Å². The van der Waals surface area contributed by atoms with E-state index in [0.29, 0.717) is 16.3 Å². The summed E-state index contributed by atoms with van der Waals surface area (Å²) in [6.07, 6.45) is 1.48. The van der Waals surface area contributed by atoms with Crippen LogP contribution in [0.15, 0.2) is 48.7 Å². The Labute approximate surface area is 131 Å². The van der Waals surface area contributed by atoms with Crippen LogP contribution in [0.25, 0.3) is 10.8 Å². The average Bonchev–Trinajstić information content (AvgIpc) is 2.52. The molecular formula is C16H8Cl2N2O. The van der Waals surface area contributed by atoms with Crippen LogP contribution in [0, 0.1) is 11.3 Å². The number of pyridine rings is 1. The van der Waals surface area contributed by atoms with Crippen molar-refractivity contribution in [1.29, 1.82) is 5.26 Å². The second-order valence-electron chi connectivity index (χ2n) is 4.28. The van der Waals surface area contributed by atoms with Gasteiger partial charge in [-0.25, -0.2) is 4.98 Å². The lowest BCUT2D eigenvalue weighted by molar-refractivity contribution is 0.468. The van der Waals surface area contributed by atoms with Gasteiger partial charge in [-0.1, -0.05) is 47.5 Å². The monoisotopic (exact) mass is 314 g/mol. The minimum absolute atomic E-state index is 0.194. The Kier molecular flexibility index (Phi) is 3.66. The van der Waals surface area contributed by atoms with E-state index in [0.717, 1.165) is 10.8 Å². The van der Waals surface area contributed by atoms with E-state index in [1.54, 1.807) is 12.1 Å². The number of fused-ring (bicyclic) bond motifs is 1. The number of nitrogens with zero attached hydrogens (tertiary/aromatic N) is 2. The molecule has 0 aliphatic carbocycles. The van der Waals surface area contributed by atoms with Gasteiger partial charge in [0.2, 0.25) is 5.88 Å². The first-order chi connectivity index (χ1) is 10.2. The molecule has 0 N–H and O–H groups in total. The van der Waals surface area contributed by atoms with Gasteiger partial charge in [0, 0.05) is 22.0 Å². The molecule has 3 nitrogen and oxygen atoms in total. The molecule has 0 spiro atoms. The Morgan fingerprint density at radius 3 is 2.52 bits per heavy atom. The fourth-order valence-corrected chi connectivity index (χ4v) is 2.43. The van der Waals surface area contributed by atoms with Crippen molar-refractivity contribution in [2.45, 2.75) is 0 Å². The summed E-state index contributed by atoms with van der Waals surface area (Å²) in [4.78, 5) is 4.07. The summed E-state index contributed by atoms with van der Waals surface area (Å²) < 4.78 is 5.77. The molecule has 0 saturated carbocycles. The van der Waals surface area contributed by atoms with Gasteiger partial charge in [-0.15, -0.1) is 0 Å². The minimum Gasteiger partial charge on any atom is -0.437 e. The van der Waals surface area contributed by atoms with Crippen LogP contribution >= 0.6 is 23.2 Å². The molecule has 0 aliphatic rings. The predicted molar refractivity (Wildman–Crippen MR) is 83.0 cm³/mol. The molecule has 3 aromatic rings. The van der Waals surface area contributed by atoms with Gasteiger partial charge in [0.1, 0.15) is 16.8 Å². The molecule has 5 heteroatoms. The number of nitriles is 1. The normalized spacial score (nSPS) is 10.3. The van der Waals surface area contributed by atoms with Crippen LogP contribution in [0.1, 0.15) is 5.56 Å². The van der Waals surface area contributed by atoms with E-state index in [1.807, 2.05) is 30.3 Å². The fraction of sp³-hybridized carbons (Fsp3) is 0. The zero-order valence-corrected chi connectivity index (χ0v) is 12.2. The molecule has 2 aromatic carbocycles. The third kappa shape index (κ3) is 2.52. The number of halogens is 2. The van der Waals surface area contributed by atoms with Crippen LogP contribution in [0.3, 0.4) is 0 Å². The molecule has 0 saturated heterocycles. The Bertz CT molecular complexity index is 872. The second kappa shape index (κ2) is 5.61. The van der Waals surface area contributed by atoms with E-state index in [1.165, 1.54) is 12.3 Å². The van der Waals surface area contributed by atoms with E-state index in [2.05, 4.69) is 4.98 Å². The van der Waals surface area contributed by atoms with Gasteiger partial charge < -0.3 is 4.74 Å². The largest absolute Gasteiger partial charge is 0.437 e. The van der Waals surface area contributed by atoms with Crippen molar-refractivity contribution in [2.75, 3.05) is 0 Å². The maximum Gasteiger partial charge on any atom is 0.239 e. The lowest BCUT2D eigenvalue weighted by Gasteiger charge is -2.10. The summed E-state index contributed by atoms with van der Waals surface area (Å²) in [5.74, 6) is 0.780. The highest BCUT2D eigenvalue weighted by molar-refractivity contribution is 6.35. The summed E-state index contributed by atoms with van der Waals surface area (Å²) in [6, 6.07) is 14.6. The molecule has 1 heterocycles. The van der Waals surface area contributed by atoms with Gasteiger partial charge in [0.15, 0.2) is 0 Å². The molecule has 0 fully saturated rings. The lowest BCUT2D eigenvalue weighted by atomic mass is 10.1. The first-order valence-electron chi connectivity index (χ1n) is 6.10. The Hall–Kier alpha value is -2.28. The zero-order chi connectivity index (χ0) is 14.8. The molecule has 0 aliphatic heterocycles. The van der Waals surface area contributed by atoms with Crippen LogP contribution in [-0.2, 0) is 0 Å². The summed E-state index contributed by atoms with van der Waals surface area (Å²) in [5.41, 5.74) is 0.319. The van der Waals surface area contributed by atoms with E-state index < -0.39 is 0 Å². The minimum atomic E-state index is 0.194. The van der Waals surface area contributed by atoms with E-state index >= 15 is 0 Å². The zero-order valence-electron chi connectivity index (χ0n) is 10.7. The molecule has 21 heavy (non-hydrogen) atoms. The average molecular weight is 315 g/mol. The SMILES string of the molecule is N#Cc1ccnc(Oc2ccc(Cl)c3ccccc23)c1Cl. The number of hydrogen-bond donors (Lipinski definition) is 0. The van der Waals surface area contributed by atoms with Gasteiger partial charge in [0.25, 0.3) is 0 Å². The van der Waals surface area contributed by atoms with E-state index in [4.69, 9.17) is 33.2 Å². The molecule has 1 aromatic heterocycles. The van der Waals surface area contributed by atoms with Gasteiger partial charge in [-0.2, -0.15) is 5.26 Å². The number of aromatic nitrogens is 1. The summed E-state index contributed by atoms with van der Waals surface area (Å²) >= 11 is 12.3. The number of ether oxygens (including phenoxy) is 1. The second-order valence-corrected chi connectivity index (χ2v) is 5.07. The molecule has 0 bridgehead atoms. The van der Waals surface area contributed by atoms with Crippen LogP contribution in [0.4, 0.5) is 0 Å². The van der Waals surface area contributed by atoms with Crippen molar-refractivity contribution in [3.05, 3.63) is 64.3 Å². The molecule has 0 atom stereocenters. The summed E-state index contributed by atoms with van der Waals surface area (Å²) in [6.45, 7) is 0. The van der Waals surface area contributed by atoms with Gasteiger partial charge >= 0.3 is 0 Å². The third-order valence-electron chi connectivity index (χ3n) is 3.02. The molecular weight excluding hydrogens is 307 g/mol. The molecule has 102 valence electrons. The van der Waals surface area contributed by atoms with Crippen molar-refractivity contribution in [1.82, 2.24) is 4.98 Å². The highest BCUT2D eigenvalue weighted by atomic mass is 35.5. The Morgan fingerprint density at radius 1 is 1.00 bits per heavy atom. The first-order valence-corrected chi connectivity index (χ1v) is 6.86. The maximum absolute atomic E-state index is 8.98. The molecule has 0 amide bonds. The van der Waals surface area contributed by atoms with Crippen LogP contribution in [-0.4, -0.2) is 4.98 Å². The highest BCUT2D eigenvalue weighted by Gasteiger charge is 2.12. The Morgan fingerprint density at radius 2 is 1.76 bits per heavy atom. The topological polar surface area (TPSA) is 45.9 Å². The fourth-order valence-electron chi connectivity index (χ4n) is 2.01. The number of rotatable bonds is 2. The number of hydrogen-bond acceptors (Lipinski definition) is 3. The summed E-state index contributed by atoms with van der Waals surface area (Å²) in [7, 11) is 0. The van der Waals surface area contributed by atoms with Gasteiger partial charge in [-0.3, -0.25) is 0 Å². The third-order valence-corrected chi connectivity index (χ3v) is 3.71. The van der Waals surface area contributed by atoms with Gasteiger partial charge in [-0.05, 0) is 18.2 Å². The quantitative estimate of drug-likeness (QED) is 0.652. The van der Waals surface area contributed by atoms with Crippen LogP contribution in [0.2, 0.25) is 10.0 Å².